The topological polar surface area (TPSA) is 104 Å². The fourth-order valence-electron chi connectivity index (χ4n) is 2.62. The van der Waals surface area contributed by atoms with Crippen molar-refractivity contribution in [1.29, 1.82) is 0 Å². The zero-order valence-electron chi connectivity index (χ0n) is 13.5. The minimum absolute atomic E-state index is 0.0838. The Balaban J connectivity index is 1.98. The van der Waals surface area contributed by atoms with E-state index in [1.807, 2.05) is 0 Å². The van der Waals surface area contributed by atoms with E-state index < -0.39 is 29.1 Å². The first-order chi connectivity index (χ1) is 11.9. The number of hydrogen-bond acceptors (Lipinski definition) is 5. The number of benzene rings is 1. The molecule has 0 fully saturated rings. The number of nitrogens with one attached hydrogen (secondary N) is 3. The number of halogens is 1. The smallest absolute Gasteiger partial charge is 0.257 e. The summed E-state index contributed by atoms with van der Waals surface area (Å²) in [5.74, 6) is -2.38. The van der Waals surface area contributed by atoms with Gasteiger partial charge in [0.1, 0.15) is 11.6 Å². The Bertz CT molecular complexity index is 928. The second-order valence-electron chi connectivity index (χ2n) is 5.59. The van der Waals surface area contributed by atoms with Gasteiger partial charge in [-0.2, -0.15) is 0 Å². The van der Waals surface area contributed by atoms with Gasteiger partial charge in [0, 0.05) is 12.1 Å². The van der Waals surface area contributed by atoms with Crippen LogP contribution in [0, 0.1) is 12.7 Å². The number of fused-ring (bicyclic) bond motifs is 1. The lowest BCUT2D eigenvalue weighted by molar-refractivity contribution is -0.123. The molecule has 25 heavy (non-hydrogen) atoms. The van der Waals surface area contributed by atoms with E-state index in [4.69, 9.17) is 0 Å². The summed E-state index contributed by atoms with van der Waals surface area (Å²) in [4.78, 5) is 43.6. The molecule has 1 aromatic heterocycles. The molecule has 1 atom stereocenters. The number of hydrogen-bond donors (Lipinski definition) is 3. The van der Waals surface area contributed by atoms with Crippen molar-refractivity contribution in [2.45, 2.75) is 24.4 Å². The normalized spacial score (nSPS) is 16.1. The van der Waals surface area contributed by atoms with Crippen LogP contribution in [0.5, 0.6) is 0 Å². The summed E-state index contributed by atoms with van der Waals surface area (Å²) in [7, 11) is 0. The van der Waals surface area contributed by atoms with Crippen molar-refractivity contribution in [3.8, 4) is 0 Å². The molecule has 0 aliphatic carbocycles. The Labute approximate surface area is 146 Å². The van der Waals surface area contributed by atoms with E-state index in [-0.39, 0.29) is 17.8 Å². The lowest BCUT2D eigenvalue weighted by Gasteiger charge is -2.23. The number of aromatic nitrogens is 2. The van der Waals surface area contributed by atoms with Crippen LogP contribution in [-0.2, 0) is 9.59 Å². The summed E-state index contributed by atoms with van der Waals surface area (Å²) in [5, 5.41) is 5.45. The van der Waals surface area contributed by atoms with Crippen molar-refractivity contribution in [3.05, 3.63) is 45.5 Å². The Kier molecular flexibility index (Phi) is 4.58. The highest BCUT2D eigenvalue weighted by Gasteiger charge is 2.34. The van der Waals surface area contributed by atoms with Crippen molar-refractivity contribution in [1.82, 2.24) is 9.97 Å². The maximum atomic E-state index is 13.4. The van der Waals surface area contributed by atoms with Crippen molar-refractivity contribution >= 4 is 35.1 Å². The molecule has 130 valence electrons. The van der Waals surface area contributed by atoms with Crippen molar-refractivity contribution in [2.75, 3.05) is 16.9 Å². The molecule has 9 heteroatoms. The van der Waals surface area contributed by atoms with Crippen LogP contribution in [0.1, 0.15) is 23.5 Å². The zero-order valence-corrected chi connectivity index (χ0v) is 14.3. The minimum Gasteiger partial charge on any atom is -0.325 e. The van der Waals surface area contributed by atoms with E-state index in [1.165, 1.54) is 30.0 Å². The van der Waals surface area contributed by atoms with Crippen LogP contribution in [0.15, 0.2) is 28.2 Å². The van der Waals surface area contributed by atoms with E-state index >= 15 is 0 Å². The van der Waals surface area contributed by atoms with E-state index in [0.717, 1.165) is 0 Å². The zero-order chi connectivity index (χ0) is 18.1. The number of aromatic amines is 1. The maximum Gasteiger partial charge on any atom is 0.257 e. The molecule has 2 heterocycles. The molecule has 0 bridgehead atoms. The highest BCUT2D eigenvalue weighted by molar-refractivity contribution is 7.98. The number of aryl methyl sites for hydroxylation is 1. The van der Waals surface area contributed by atoms with Gasteiger partial charge in [0.2, 0.25) is 11.8 Å². The highest BCUT2D eigenvalue weighted by atomic mass is 32.2. The summed E-state index contributed by atoms with van der Waals surface area (Å²) >= 11 is 1.21. The molecule has 2 aromatic rings. The molecule has 7 nitrogen and oxygen atoms in total. The molecule has 0 saturated heterocycles. The number of amides is 2. The van der Waals surface area contributed by atoms with Gasteiger partial charge in [0.25, 0.3) is 5.56 Å². The predicted octanol–water partition coefficient (Wildman–Crippen LogP) is 2.00. The largest absolute Gasteiger partial charge is 0.325 e. The predicted molar refractivity (Wildman–Crippen MR) is 92.4 cm³/mol. The second-order valence-corrected chi connectivity index (χ2v) is 6.39. The van der Waals surface area contributed by atoms with Crippen LogP contribution in [0.4, 0.5) is 15.9 Å². The Morgan fingerprint density at radius 3 is 2.88 bits per heavy atom. The number of rotatable bonds is 3. The molecule has 3 rings (SSSR count). The van der Waals surface area contributed by atoms with Crippen molar-refractivity contribution in [3.63, 3.8) is 0 Å². The lowest BCUT2D eigenvalue weighted by Crippen LogP contribution is -2.36. The van der Waals surface area contributed by atoms with Gasteiger partial charge in [0.05, 0.1) is 11.5 Å². The van der Waals surface area contributed by atoms with Gasteiger partial charge >= 0.3 is 0 Å². The summed E-state index contributed by atoms with van der Waals surface area (Å²) < 4.78 is 13.4. The van der Waals surface area contributed by atoms with E-state index in [1.54, 1.807) is 13.2 Å². The van der Waals surface area contributed by atoms with E-state index in [0.29, 0.717) is 16.4 Å². The van der Waals surface area contributed by atoms with Crippen LogP contribution in [0.25, 0.3) is 0 Å². The lowest BCUT2D eigenvalue weighted by atomic mass is 9.92. The molecule has 1 aromatic carbocycles. The molecule has 1 aliphatic rings. The second kappa shape index (κ2) is 6.67. The third-order valence-electron chi connectivity index (χ3n) is 3.90. The molecule has 1 aliphatic heterocycles. The Morgan fingerprint density at radius 1 is 1.40 bits per heavy atom. The van der Waals surface area contributed by atoms with Gasteiger partial charge in [-0.3, -0.25) is 14.4 Å². The first kappa shape index (κ1) is 17.2. The van der Waals surface area contributed by atoms with Gasteiger partial charge in [0.15, 0.2) is 5.16 Å². The van der Waals surface area contributed by atoms with E-state index in [9.17, 15) is 18.8 Å². The van der Waals surface area contributed by atoms with Gasteiger partial charge in [-0.1, -0.05) is 17.8 Å². The van der Waals surface area contributed by atoms with Gasteiger partial charge in [-0.05, 0) is 30.9 Å². The van der Waals surface area contributed by atoms with Gasteiger partial charge in [-0.25, -0.2) is 9.37 Å². The molecule has 0 spiro atoms. The number of nitrogens with zero attached hydrogens (tertiary/aromatic N) is 1. The highest BCUT2D eigenvalue weighted by Crippen LogP contribution is 2.30. The number of H-pyrrole nitrogens is 1. The Hall–Kier alpha value is -2.68. The molecule has 3 N–H and O–H groups in total. The third-order valence-corrected chi connectivity index (χ3v) is 4.48. The average molecular weight is 362 g/mol. The first-order valence-electron chi connectivity index (χ1n) is 7.44. The molecule has 0 radical (unpaired) electrons. The average Bonchev–Trinajstić information content (AvgIpc) is 2.56. The fraction of sp³-hybridized carbons (Fsp3) is 0.250. The van der Waals surface area contributed by atoms with Crippen molar-refractivity contribution < 1.29 is 14.0 Å². The van der Waals surface area contributed by atoms with Gasteiger partial charge in [-0.15, -0.1) is 0 Å². The van der Waals surface area contributed by atoms with Crippen LogP contribution >= 0.6 is 11.8 Å². The number of thioether (sulfide) groups is 1. The standard InChI is InChI=1S/C16H15FN4O3S/c1-7-3-4-8(17)5-10(7)18-14(23)9-6-11(22)19-13-12(9)15(24)21-16(20-13)25-2/h3-5,9H,6H2,1-2H3,(H,18,23)(H2,19,20,21,22,24)/t9-/m0/s1. The molecule has 2 amide bonds. The summed E-state index contributed by atoms with van der Waals surface area (Å²) in [6, 6.07) is 4.01. The molecule has 0 unspecified atom stereocenters. The number of carbonyl (C=O) groups excluding carboxylic acids is 2. The molecular weight excluding hydrogens is 347 g/mol. The van der Waals surface area contributed by atoms with Crippen LogP contribution in [0.3, 0.4) is 0 Å². The van der Waals surface area contributed by atoms with E-state index in [2.05, 4.69) is 20.6 Å². The number of anilines is 2. The summed E-state index contributed by atoms with van der Waals surface area (Å²) in [6.07, 6.45) is 1.54. The monoisotopic (exact) mass is 362 g/mol. The fourth-order valence-corrected chi connectivity index (χ4v) is 3.00. The van der Waals surface area contributed by atoms with Crippen LogP contribution in [-0.4, -0.2) is 28.0 Å². The van der Waals surface area contributed by atoms with Crippen LogP contribution in [0.2, 0.25) is 0 Å². The SMILES string of the molecule is CSc1nc2c(c(=O)[nH]1)[C@@H](C(=O)Nc1cc(F)ccc1C)CC(=O)N2. The quantitative estimate of drug-likeness (QED) is 0.572. The Morgan fingerprint density at radius 2 is 2.16 bits per heavy atom. The minimum atomic E-state index is -1.00. The van der Waals surface area contributed by atoms with Crippen molar-refractivity contribution in [2.24, 2.45) is 0 Å². The number of carbonyl (C=O) groups is 2. The maximum absolute atomic E-state index is 13.4. The van der Waals surface area contributed by atoms with Crippen LogP contribution < -0.4 is 16.2 Å². The molecular formula is C16H15FN4O3S. The van der Waals surface area contributed by atoms with Gasteiger partial charge < -0.3 is 15.6 Å². The summed E-state index contributed by atoms with van der Waals surface area (Å²) in [6.45, 7) is 1.72. The summed E-state index contributed by atoms with van der Waals surface area (Å²) in [5.41, 5.74) is 0.581. The molecule has 0 saturated carbocycles. The first-order valence-corrected chi connectivity index (χ1v) is 8.66. The third kappa shape index (κ3) is 3.41.